The fraction of sp³-hybridized carbons (Fsp3) is 0.833. The first-order valence-electron chi connectivity index (χ1n) is 3.55. The zero-order chi connectivity index (χ0) is 9.19. The highest BCUT2D eigenvalue weighted by molar-refractivity contribution is 5.78. The van der Waals surface area contributed by atoms with Crippen molar-refractivity contribution in [3.8, 4) is 0 Å². The average molecular weight is 175 g/mol. The van der Waals surface area contributed by atoms with Crippen LogP contribution in [0, 0.1) is 0 Å². The smallest absolute Gasteiger partial charge is 0.233 e. The first-order valence-corrected chi connectivity index (χ1v) is 3.55. The summed E-state index contributed by atoms with van der Waals surface area (Å²) in [4.78, 5) is 1.55. The molecule has 6 heteroatoms. The van der Waals surface area contributed by atoms with Crippen LogP contribution < -0.4 is 5.73 Å². The van der Waals surface area contributed by atoms with E-state index in [4.69, 9.17) is 15.7 Å². The zero-order valence-electron chi connectivity index (χ0n) is 6.90. The molecule has 0 amide bonds. The Balaban J connectivity index is 2.36. The molecule has 0 aromatic rings. The van der Waals surface area contributed by atoms with Crippen LogP contribution in [-0.4, -0.2) is 53.6 Å². The number of oxime groups is 1. The lowest BCUT2D eigenvalue weighted by atomic mass is 9.96. The second kappa shape index (κ2) is 3.16. The fourth-order valence-electron chi connectivity index (χ4n) is 1.25. The van der Waals surface area contributed by atoms with Crippen LogP contribution in [0.2, 0.25) is 0 Å². The van der Waals surface area contributed by atoms with E-state index in [-0.39, 0.29) is 12.6 Å². The van der Waals surface area contributed by atoms with E-state index in [9.17, 15) is 5.11 Å². The van der Waals surface area contributed by atoms with Crippen LogP contribution >= 0.6 is 0 Å². The molecular weight excluding hydrogens is 162 g/mol. The van der Waals surface area contributed by atoms with Crippen molar-refractivity contribution in [2.45, 2.75) is 5.60 Å². The maximum atomic E-state index is 9.57. The van der Waals surface area contributed by atoms with Crippen molar-refractivity contribution in [3.63, 3.8) is 0 Å². The molecule has 0 aliphatic carbocycles. The second-order valence-corrected chi connectivity index (χ2v) is 2.97. The van der Waals surface area contributed by atoms with Gasteiger partial charge in [-0.25, -0.2) is 0 Å². The van der Waals surface area contributed by atoms with Gasteiger partial charge in [0.05, 0.1) is 19.7 Å². The largest absolute Gasteiger partial charge is 0.408 e. The summed E-state index contributed by atoms with van der Waals surface area (Å²) in [6, 6.07) is 0. The molecule has 12 heavy (non-hydrogen) atoms. The van der Waals surface area contributed by atoms with E-state index < -0.39 is 5.60 Å². The van der Waals surface area contributed by atoms with Crippen molar-refractivity contribution < 1.29 is 15.1 Å². The molecule has 0 radical (unpaired) electrons. The Labute approximate surface area is 70.2 Å². The Morgan fingerprint density at radius 2 is 2.33 bits per heavy atom. The van der Waals surface area contributed by atoms with E-state index in [1.807, 2.05) is 0 Å². The molecule has 1 heterocycles. The summed E-state index contributed by atoms with van der Waals surface area (Å²) in [6.07, 6.45) is 0. The number of ether oxygens (including phenoxy) is 1. The summed E-state index contributed by atoms with van der Waals surface area (Å²) in [7, 11) is 1.52. The third-order valence-corrected chi connectivity index (χ3v) is 1.81. The van der Waals surface area contributed by atoms with Crippen molar-refractivity contribution in [2.75, 3.05) is 26.8 Å². The molecule has 70 valence electrons. The predicted molar refractivity (Wildman–Crippen MR) is 41.8 cm³/mol. The molecule has 0 atom stereocenters. The number of guanidine groups is 1. The van der Waals surface area contributed by atoms with Crippen LogP contribution in [0.25, 0.3) is 0 Å². The summed E-state index contributed by atoms with van der Waals surface area (Å²) in [5, 5.41) is 20.6. The minimum Gasteiger partial charge on any atom is -0.408 e. The standard InChI is InChI=1S/C6H13N3O3/c1-12-4-6(10)2-9(3-6)5(7)8-11/h10-11H,2-4H2,1H3,(H2,7,8). The number of hydrogen-bond acceptors (Lipinski definition) is 4. The van der Waals surface area contributed by atoms with Gasteiger partial charge >= 0.3 is 0 Å². The molecule has 0 saturated carbocycles. The van der Waals surface area contributed by atoms with Gasteiger partial charge < -0.3 is 25.7 Å². The van der Waals surface area contributed by atoms with Crippen molar-refractivity contribution >= 4 is 5.96 Å². The topological polar surface area (TPSA) is 91.3 Å². The summed E-state index contributed by atoms with van der Waals surface area (Å²) in [6.45, 7) is 0.954. The van der Waals surface area contributed by atoms with Gasteiger partial charge in [-0.2, -0.15) is 0 Å². The van der Waals surface area contributed by atoms with Gasteiger partial charge in [0.1, 0.15) is 5.60 Å². The first kappa shape index (κ1) is 9.08. The normalized spacial score (nSPS) is 22.2. The van der Waals surface area contributed by atoms with Crippen LogP contribution in [0.15, 0.2) is 5.16 Å². The molecule has 1 saturated heterocycles. The van der Waals surface area contributed by atoms with Gasteiger partial charge in [0.25, 0.3) is 0 Å². The Kier molecular flexibility index (Phi) is 2.39. The van der Waals surface area contributed by atoms with Crippen LogP contribution in [0.1, 0.15) is 0 Å². The van der Waals surface area contributed by atoms with Crippen molar-refractivity contribution in [3.05, 3.63) is 0 Å². The fourth-order valence-corrected chi connectivity index (χ4v) is 1.25. The molecule has 1 fully saturated rings. The predicted octanol–water partition coefficient (Wildman–Crippen LogP) is -1.62. The molecule has 1 aliphatic heterocycles. The maximum Gasteiger partial charge on any atom is 0.233 e. The van der Waals surface area contributed by atoms with Gasteiger partial charge in [-0.1, -0.05) is 5.16 Å². The SMILES string of the molecule is COCC1(O)CN(/C(N)=N/O)C1. The summed E-state index contributed by atoms with van der Waals surface area (Å²) in [5.41, 5.74) is 4.43. The number of β-amino-alcohol motifs (C(OH)–C–C–N with tert-alkyl or cyclic N) is 1. The van der Waals surface area contributed by atoms with Crippen molar-refractivity contribution in [1.82, 2.24) is 4.90 Å². The summed E-state index contributed by atoms with van der Waals surface area (Å²) in [5.74, 6) is 0.0239. The maximum absolute atomic E-state index is 9.57. The number of methoxy groups -OCH3 is 1. The highest BCUT2D eigenvalue weighted by atomic mass is 16.5. The van der Waals surface area contributed by atoms with Crippen LogP contribution in [0.3, 0.4) is 0 Å². The van der Waals surface area contributed by atoms with Crippen LogP contribution in [0.4, 0.5) is 0 Å². The van der Waals surface area contributed by atoms with Crippen LogP contribution in [0.5, 0.6) is 0 Å². The molecule has 4 N–H and O–H groups in total. The molecule has 0 aromatic heterocycles. The zero-order valence-corrected chi connectivity index (χ0v) is 6.90. The van der Waals surface area contributed by atoms with Crippen molar-refractivity contribution in [1.29, 1.82) is 0 Å². The Bertz CT molecular complexity index is 188. The summed E-state index contributed by atoms with van der Waals surface area (Å²) >= 11 is 0. The van der Waals surface area contributed by atoms with Gasteiger partial charge in [-0.05, 0) is 0 Å². The van der Waals surface area contributed by atoms with Crippen LogP contribution in [-0.2, 0) is 4.74 Å². The van der Waals surface area contributed by atoms with Gasteiger partial charge in [-0.15, -0.1) is 0 Å². The Morgan fingerprint density at radius 1 is 1.75 bits per heavy atom. The number of hydrogen-bond donors (Lipinski definition) is 3. The van der Waals surface area contributed by atoms with E-state index in [2.05, 4.69) is 5.16 Å². The van der Waals surface area contributed by atoms with E-state index in [1.165, 1.54) is 7.11 Å². The number of likely N-dealkylation sites (tertiary alicyclic amines) is 1. The third-order valence-electron chi connectivity index (χ3n) is 1.81. The van der Waals surface area contributed by atoms with E-state index >= 15 is 0 Å². The monoisotopic (exact) mass is 175 g/mol. The van der Waals surface area contributed by atoms with Gasteiger partial charge in [0.15, 0.2) is 0 Å². The average Bonchev–Trinajstić information content (AvgIpc) is 1.99. The van der Waals surface area contributed by atoms with Gasteiger partial charge in [0.2, 0.25) is 5.96 Å². The minimum atomic E-state index is -0.843. The first-order chi connectivity index (χ1) is 5.61. The third kappa shape index (κ3) is 1.59. The lowest BCUT2D eigenvalue weighted by Crippen LogP contribution is -2.67. The Morgan fingerprint density at radius 3 is 2.75 bits per heavy atom. The van der Waals surface area contributed by atoms with Gasteiger partial charge in [0, 0.05) is 7.11 Å². The quantitative estimate of drug-likeness (QED) is 0.203. The lowest BCUT2D eigenvalue weighted by Gasteiger charge is -2.45. The molecule has 1 aliphatic rings. The van der Waals surface area contributed by atoms with Gasteiger partial charge in [-0.3, -0.25) is 0 Å². The number of nitrogens with two attached hydrogens (primary N) is 1. The van der Waals surface area contributed by atoms with E-state index in [0.717, 1.165) is 0 Å². The second-order valence-electron chi connectivity index (χ2n) is 2.97. The Hall–Kier alpha value is -1.01. The molecular formula is C6H13N3O3. The molecule has 0 bridgehead atoms. The lowest BCUT2D eigenvalue weighted by molar-refractivity contribution is -0.109. The molecule has 0 spiro atoms. The molecule has 0 unspecified atom stereocenters. The highest BCUT2D eigenvalue weighted by Gasteiger charge is 2.42. The van der Waals surface area contributed by atoms with Crippen molar-refractivity contribution in [2.24, 2.45) is 10.9 Å². The van der Waals surface area contributed by atoms with E-state index in [0.29, 0.717) is 13.1 Å². The molecule has 0 aromatic carbocycles. The van der Waals surface area contributed by atoms with E-state index in [1.54, 1.807) is 4.90 Å². The number of rotatable bonds is 2. The molecule has 1 rings (SSSR count). The number of nitrogens with zero attached hydrogens (tertiary/aromatic N) is 2. The molecule has 6 nitrogen and oxygen atoms in total. The minimum absolute atomic E-state index is 0.0239. The summed E-state index contributed by atoms with van der Waals surface area (Å²) < 4.78 is 4.79. The number of aliphatic hydroxyl groups is 1. The highest BCUT2D eigenvalue weighted by Crippen LogP contribution is 2.20.